The fourth-order valence-electron chi connectivity index (χ4n) is 2.74. The smallest absolute Gasteiger partial charge is 0.305 e. The molecule has 5 heteroatoms. The topological polar surface area (TPSA) is 83.8 Å². The van der Waals surface area contributed by atoms with Gasteiger partial charge in [-0.3, -0.25) is 9.59 Å². The summed E-state index contributed by atoms with van der Waals surface area (Å²) in [6.45, 7) is 6.42. The molecule has 1 unspecified atom stereocenters. The van der Waals surface area contributed by atoms with Gasteiger partial charge in [0.25, 0.3) is 0 Å². The lowest BCUT2D eigenvalue weighted by Crippen LogP contribution is -2.12. The molecule has 2 N–H and O–H groups in total. The molecule has 0 aromatic carbocycles. The van der Waals surface area contributed by atoms with Crippen LogP contribution in [0, 0.1) is 0 Å². The first-order chi connectivity index (χ1) is 12.9. The van der Waals surface area contributed by atoms with Gasteiger partial charge >= 0.3 is 11.9 Å². The maximum Gasteiger partial charge on any atom is 0.305 e. The van der Waals surface area contributed by atoms with Crippen LogP contribution >= 0.6 is 0 Å². The zero-order valence-corrected chi connectivity index (χ0v) is 18.0. The number of hydrogen-bond donors (Lipinski definition) is 2. The minimum Gasteiger partial charge on any atom is -0.481 e. The second-order valence-electron chi connectivity index (χ2n) is 7.27. The van der Waals surface area contributed by atoms with Crippen LogP contribution in [0.2, 0.25) is 0 Å². The van der Waals surface area contributed by atoms with Crippen LogP contribution in [0.4, 0.5) is 0 Å². The molecule has 0 amide bonds. The zero-order chi connectivity index (χ0) is 20.8. The number of ether oxygens (including phenoxy) is 1. The minimum atomic E-state index is -0.909. The van der Waals surface area contributed by atoms with Crippen LogP contribution in [-0.2, 0) is 14.3 Å². The number of hydrogen-bond acceptors (Lipinski definition) is 4. The third-order valence-corrected chi connectivity index (χ3v) is 4.35. The van der Waals surface area contributed by atoms with Gasteiger partial charge in [0.1, 0.15) is 0 Å². The van der Waals surface area contributed by atoms with Crippen LogP contribution in [0.3, 0.4) is 0 Å². The molecule has 0 aromatic heterocycles. The van der Waals surface area contributed by atoms with E-state index in [-0.39, 0.29) is 12.4 Å². The Hall–Kier alpha value is -1.10. The molecule has 0 aliphatic carbocycles. The van der Waals surface area contributed by atoms with Gasteiger partial charge in [0.2, 0.25) is 0 Å². The number of carbonyl (C=O) groups is 2. The fraction of sp³-hybridized carbons (Fsp3) is 0.909. The van der Waals surface area contributed by atoms with Gasteiger partial charge < -0.3 is 14.9 Å². The molecule has 1 atom stereocenters. The Morgan fingerprint density at radius 1 is 0.778 bits per heavy atom. The second kappa shape index (κ2) is 22.9. The predicted octanol–water partition coefficient (Wildman–Crippen LogP) is 5.87. The van der Waals surface area contributed by atoms with Crippen LogP contribution in [0.15, 0.2) is 0 Å². The number of aliphatic hydroxyl groups excluding tert-OH is 1. The maximum absolute atomic E-state index is 10.3. The first-order valence-electron chi connectivity index (χ1n) is 11.0. The van der Waals surface area contributed by atoms with Crippen molar-refractivity contribution in [3.05, 3.63) is 0 Å². The summed E-state index contributed by atoms with van der Waals surface area (Å²) in [6.07, 6.45) is 15.7. The number of aliphatic carboxylic acids is 1. The van der Waals surface area contributed by atoms with E-state index in [0.29, 0.717) is 13.0 Å². The van der Waals surface area contributed by atoms with Gasteiger partial charge in [-0.15, -0.1) is 0 Å². The molecule has 162 valence electrons. The van der Waals surface area contributed by atoms with E-state index in [1.54, 1.807) is 0 Å². The Balaban J connectivity index is 0. The van der Waals surface area contributed by atoms with Gasteiger partial charge in [-0.05, 0) is 12.8 Å². The third kappa shape index (κ3) is 29.9. The van der Waals surface area contributed by atoms with E-state index in [0.717, 1.165) is 19.3 Å². The second-order valence-corrected chi connectivity index (χ2v) is 7.27. The van der Waals surface area contributed by atoms with Gasteiger partial charge in [0.15, 0.2) is 0 Å². The van der Waals surface area contributed by atoms with Crippen LogP contribution in [-0.4, -0.2) is 34.9 Å². The highest BCUT2D eigenvalue weighted by molar-refractivity contribution is 5.67. The lowest BCUT2D eigenvalue weighted by molar-refractivity contribution is -0.141. The molecule has 0 bridgehead atoms. The van der Waals surface area contributed by atoms with Crippen molar-refractivity contribution < 1.29 is 24.5 Å². The summed E-state index contributed by atoms with van der Waals surface area (Å²) in [6, 6.07) is 0. The number of aliphatic hydroxyl groups is 1. The summed E-state index contributed by atoms with van der Waals surface area (Å²) in [7, 11) is 0. The van der Waals surface area contributed by atoms with Crippen molar-refractivity contribution in [2.75, 3.05) is 6.61 Å². The Morgan fingerprint density at radius 3 is 1.67 bits per heavy atom. The number of carboxylic acid groups (broad SMARTS) is 1. The third-order valence-electron chi connectivity index (χ3n) is 4.35. The molecule has 0 saturated heterocycles. The van der Waals surface area contributed by atoms with Crippen molar-refractivity contribution in [3.8, 4) is 0 Å². The van der Waals surface area contributed by atoms with Crippen LogP contribution in [0.25, 0.3) is 0 Å². The van der Waals surface area contributed by atoms with E-state index in [2.05, 4.69) is 13.8 Å². The molecule has 0 aliphatic heterocycles. The predicted molar refractivity (Wildman–Crippen MR) is 111 cm³/mol. The van der Waals surface area contributed by atoms with Crippen molar-refractivity contribution in [3.63, 3.8) is 0 Å². The van der Waals surface area contributed by atoms with Gasteiger partial charge in [0.05, 0.1) is 19.1 Å². The minimum absolute atomic E-state index is 0.114. The standard InChI is InChI=1S/C14H28O3.C8H16O2/c1-2-3-4-5-6-7-8-9-10-11-13(15)12-14(16)17;1-3-4-5-6-7-10-8(2)9/h13,15H,2-12H2,1H3,(H,16,17);3-7H2,1-2H3. The summed E-state index contributed by atoms with van der Waals surface area (Å²) in [4.78, 5) is 20.6. The van der Waals surface area contributed by atoms with Crippen molar-refractivity contribution in [1.29, 1.82) is 0 Å². The van der Waals surface area contributed by atoms with Crippen molar-refractivity contribution in [1.82, 2.24) is 0 Å². The first-order valence-corrected chi connectivity index (χ1v) is 11.0. The molecular weight excluding hydrogens is 344 g/mol. The number of carboxylic acids is 1. The maximum atomic E-state index is 10.3. The van der Waals surface area contributed by atoms with E-state index >= 15 is 0 Å². The molecule has 0 rings (SSSR count). The van der Waals surface area contributed by atoms with Crippen molar-refractivity contribution in [2.45, 2.75) is 123 Å². The molecule has 27 heavy (non-hydrogen) atoms. The van der Waals surface area contributed by atoms with E-state index in [4.69, 9.17) is 9.84 Å². The first kappa shape index (κ1) is 28.1. The van der Waals surface area contributed by atoms with Crippen LogP contribution < -0.4 is 0 Å². The van der Waals surface area contributed by atoms with E-state index in [1.807, 2.05) is 0 Å². The van der Waals surface area contributed by atoms with Crippen LogP contribution in [0.1, 0.15) is 117 Å². The Morgan fingerprint density at radius 2 is 1.22 bits per heavy atom. The van der Waals surface area contributed by atoms with E-state index in [1.165, 1.54) is 71.1 Å². The van der Waals surface area contributed by atoms with Gasteiger partial charge in [-0.2, -0.15) is 0 Å². The SMILES string of the molecule is CCCCCCCCCCCC(O)CC(=O)O.CCCCCCOC(C)=O. The molecule has 0 spiro atoms. The average Bonchev–Trinajstić information content (AvgIpc) is 2.60. The molecule has 0 radical (unpaired) electrons. The normalized spacial score (nSPS) is 11.4. The van der Waals surface area contributed by atoms with E-state index < -0.39 is 12.1 Å². The summed E-state index contributed by atoms with van der Waals surface area (Å²) >= 11 is 0. The summed E-state index contributed by atoms with van der Waals surface area (Å²) in [5, 5.41) is 17.8. The Labute approximate surface area is 166 Å². The molecule has 0 fully saturated rings. The quantitative estimate of drug-likeness (QED) is 0.240. The Bertz CT molecular complexity index is 331. The summed E-state index contributed by atoms with van der Waals surface area (Å²) < 4.78 is 4.75. The number of esters is 1. The fourth-order valence-corrected chi connectivity index (χ4v) is 2.74. The average molecular weight is 389 g/mol. The molecule has 0 heterocycles. The zero-order valence-electron chi connectivity index (χ0n) is 18.0. The number of rotatable bonds is 17. The molecule has 0 aliphatic rings. The highest BCUT2D eigenvalue weighted by atomic mass is 16.5. The van der Waals surface area contributed by atoms with Gasteiger partial charge in [-0.1, -0.05) is 90.9 Å². The molecular formula is C22H44O5. The molecule has 5 nitrogen and oxygen atoms in total. The van der Waals surface area contributed by atoms with Gasteiger partial charge in [-0.25, -0.2) is 0 Å². The molecule has 0 saturated carbocycles. The van der Waals surface area contributed by atoms with E-state index in [9.17, 15) is 14.7 Å². The lowest BCUT2D eigenvalue weighted by atomic mass is 10.0. The Kier molecular flexibility index (Phi) is 23.9. The van der Waals surface area contributed by atoms with Gasteiger partial charge in [0, 0.05) is 6.92 Å². The monoisotopic (exact) mass is 388 g/mol. The molecule has 0 aromatic rings. The van der Waals surface area contributed by atoms with Crippen molar-refractivity contribution >= 4 is 11.9 Å². The summed E-state index contributed by atoms with van der Waals surface area (Å²) in [5.41, 5.74) is 0. The highest BCUT2D eigenvalue weighted by Crippen LogP contribution is 2.12. The summed E-state index contributed by atoms with van der Waals surface area (Å²) in [5.74, 6) is -1.08. The largest absolute Gasteiger partial charge is 0.481 e. The number of unbranched alkanes of at least 4 members (excludes halogenated alkanes) is 11. The number of carbonyl (C=O) groups excluding carboxylic acids is 1. The lowest BCUT2D eigenvalue weighted by Gasteiger charge is -2.07. The van der Waals surface area contributed by atoms with Crippen LogP contribution in [0.5, 0.6) is 0 Å². The highest BCUT2D eigenvalue weighted by Gasteiger charge is 2.08. The van der Waals surface area contributed by atoms with Crippen molar-refractivity contribution in [2.24, 2.45) is 0 Å².